The molecule has 7 heteroatoms. The number of hydrogen-bond acceptors (Lipinski definition) is 6. The van der Waals surface area contributed by atoms with Crippen molar-refractivity contribution in [1.29, 1.82) is 0 Å². The molecule has 1 aromatic heterocycles. The molecule has 6 nitrogen and oxygen atoms in total. The van der Waals surface area contributed by atoms with Crippen molar-refractivity contribution < 1.29 is 23.7 Å². The smallest absolute Gasteiger partial charge is 0.308 e. The number of fused-ring (bicyclic) bond motifs is 2. The van der Waals surface area contributed by atoms with Crippen molar-refractivity contribution in [2.45, 2.75) is 43.5 Å². The molecule has 29 heavy (non-hydrogen) atoms. The van der Waals surface area contributed by atoms with E-state index in [1.54, 1.807) is 12.3 Å². The maximum absolute atomic E-state index is 11.6. The van der Waals surface area contributed by atoms with Gasteiger partial charge in [0.15, 0.2) is 11.5 Å². The zero-order valence-corrected chi connectivity index (χ0v) is 17.1. The van der Waals surface area contributed by atoms with Crippen molar-refractivity contribution in [2.75, 3.05) is 13.7 Å². The minimum absolute atomic E-state index is 0.0828. The standard InChI is InChI=1S/C22H22ClNO5/c1-21(18-7-6-14(23)11-24-18)28-17-5-3-4-16(20(17)29-21)22-10-13(22)8-15(27-12-22)9-19(25)26-2/h3-7,11,13,15H,8-10,12H2,1-2H3/t13?,15?,21-,22?/m1/s1. The molecule has 2 aliphatic heterocycles. The van der Waals surface area contributed by atoms with Gasteiger partial charge in [-0.05, 0) is 37.0 Å². The minimum Gasteiger partial charge on any atom is -0.469 e. The first-order valence-electron chi connectivity index (χ1n) is 9.75. The second-order valence-electron chi connectivity index (χ2n) is 8.15. The van der Waals surface area contributed by atoms with Crippen LogP contribution in [0.4, 0.5) is 0 Å². The summed E-state index contributed by atoms with van der Waals surface area (Å²) in [6, 6.07) is 9.58. The van der Waals surface area contributed by atoms with E-state index in [9.17, 15) is 4.79 Å². The zero-order valence-electron chi connectivity index (χ0n) is 16.3. The first-order valence-corrected chi connectivity index (χ1v) is 10.1. The Bertz CT molecular complexity index is 964. The molecule has 3 aliphatic rings. The molecule has 3 heterocycles. The fraction of sp³-hybridized carbons (Fsp3) is 0.455. The molecule has 0 N–H and O–H groups in total. The Balaban J connectivity index is 1.39. The highest BCUT2D eigenvalue weighted by Gasteiger charge is 2.61. The maximum Gasteiger partial charge on any atom is 0.308 e. The van der Waals surface area contributed by atoms with E-state index in [0.717, 1.165) is 24.2 Å². The second-order valence-corrected chi connectivity index (χ2v) is 8.59. The Labute approximate surface area is 174 Å². The number of carbonyl (C=O) groups is 1. The average molecular weight is 416 g/mol. The SMILES string of the molecule is COC(=O)CC1CC2CC2(c2cccc3c2O[C@](C)(c2ccc(Cl)cn2)O3)CO1. The van der Waals surface area contributed by atoms with Crippen molar-refractivity contribution >= 4 is 17.6 Å². The molecule has 0 bridgehead atoms. The van der Waals surface area contributed by atoms with Gasteiger partial charge < -0.3 is 18.9 Å². The Morgan fingerprint density at radius 1 is 1.31 bits per heavy atom. The topological polar surface area (TPSA) is 66.9 Å². The van der Waals surface area contributed by atoms with Crippen LogP contribution in [0.5, 0.6) is 11.5 Å². The molecule has 0 amide bonds. The van der Waals surface area contributed by atoms with Gasteiger partial charge in [-0.25, -0.2) is 0 Å². The fourth-order valence-electron chi connectivity index (χ4n) is 4.61. The summed E-state index contributed by atoms with van der Waals surface area (Å²) in [7, 11) is 1.41. The highest BCUT2D eigenvalue weighted by atomic mass is 35.5. The number of hydrogen-bond donors (Lipinski definition) is 0. The largest absolute Gasteiger partial charge is 0.469 e. The quantitative estimate of drug-likeness (QED) is 0.703. The van der Waals surface area contributed by atoms with Crippen molar-refractivity contribution in [1.82, 2.24) is 4.98 Å². The predicted octanol–water partition coefficient (Wildman–Crippen LogP) is 3.99. The van der Waals surface area contributed by atoms with Crippen LogP contribution in [0.1, 0.15) is 37.4 Å². The monoisotopic (exact) mass is 415 g/mol. The molecule has 3 unspecified atom stereocenters. The van der Waals surface area contributed by atoms with Gasteiger partial charge in [-0.15, -0.1) is 0 Å². The molecule has 5 rings (SSSR count). The Morgan fingerprint density at radius 3 is 2.90 bits per heavy atom. The number of aromatic nitrogens is 1. The molecule has 0 radical (unpaired) electrons. The number of halogens is 1. The number of ether oxygens (including phenoxy) is 4. The third-order valence-electron chi connectivity index (χ3n) is 6.29. The van der Waals surface area contributed by atoms with E-state index in [2.05, 4.69) is 11.1 Å². The van der Waals surface area contributed by atoms with Crippen LogP contribution in [0, 0.1) is 5.92 Å². The Morgan fingerprint density at radius 2 is 2.17 bits per heavy atom. The molecule has 152 valence electrons. The lowest BCUT2D eigenvalue weighted by molar-refractivity contribution is -0.145. The molecule has 1 aromatic carbocycles. The lowest BCUT2D eigenvalue weighted by atomic mass is 9.88. The van der Waals surface area contributed by atoms with E-state index < -0.39 is 5.79 Å². The van der Waals surface area contributed by atoms with Gasteiger partial charge in [0.05, 0.1) is 31.3 Å². The summed E-state index contributed by atoms with van der Waals surface area (Å²) in [5.74, 6) is 0.684. The van der Waals surface area contributed by atoms with E-state index >= 15 is 0 Å². The van der Waals surface area contributed by atoms with Crippen LogP contribution in [-0.4, -0.2) is 30.8 Å². The third kappa shape index (κ3) is 3.06. The molecule has 1 saturated heterocycles. The van der Waals surface area contributed by atoms with Gasteiger partial charge in [-0.3, -0.25) is 9.78 Å². The minimum atomic E-state index is -1.01. The van der Waals surface area contributed by atoms with Crippen LogP contribution in [-0.2, 0) is 25.5 Å². The van der Waals surface area contributed by atoms with Gasteiger partial charge in [0.1, 0.15) is 5.69 Å². The number of benzene rings is 1. The van der Waals surface area contributed by atoms with Crippen LogP contribution >= 0.6 is 11.6 Å². The summed E-state index contributed by atoms with van der Waals surface area (Å²) in [6.45, 7) is 2.42. The van der Waals surface area contributed by atoms with Gasteiger partial charge >= 0.3 is 5.97 Å². The number of esters is 1. The zero-order chi connectivity index (χ0) is 20.2. The number of para-hydroxylation sites is 1. The summed E-state index contributed by atoms with van der Waals surface area (Å²) < 4.78 is 23.3. The molecule has 1 saturated carbocycles. The third-order valence-corrected chi connectivity index (χ3v) is 6.51. The van der Waals surface area contributed by atoms with E-state index in [4.69, 9.17) is 30.5 Å². The summed E-state index contributed by atoms with van der Waals surface area (Å²) in [6.07, 6.45) is 3.66. The first-order chi connectivity index (χ1) is 13.9. The van der Waals surface area contributed by atoms with Gasteiger partial charge in [0.2, 0.25) is 0 Å². The summed E-state index contributed by atoms with van der Waals surface area (Å²) >= 11 is 5.97. The predicted molar refractivity (Wildman–Crippen MR) is 105 cm³/mol. The van der Waals surface area contributed by atoms with Gasteiger partial charge in [0, 0.05) is 24.1 Å². The van der Waals surface area contributed by atoms with Crippen LogP contribution in [0.15, 0.2) is 36.5 Å². The fourth-order valence-corrected chi connectivity index (χ4v) is 4.72. The Kier molecular flexibility index (Phi) is 4.26. The second kappa shape index (κ2) is 6.61. The first kappa shape index (κ1) is 18.7. The number of methoxy groups -OCH3 is 1. The lowest BCUT2D eigenvalue weighted by Gasteiger charge is -2.29. The summed E-state index contributed by atoms with van der Waals surface area (Å²) in [5.41, 5.74) is 1.68. The number of carbonyl (C=O) groups excluding carboxylic acids is 1. The van der Waals surface area contributed by atoms with E-state index in [1.165, 1.54) is 7.11 Å². The molecule has 2 fully saturated rings. The van der Waals surface area contributed by atoms with Crippen molar-refractivity contribution in [3.8, 4) is 11.5 Å². The molecule has 2 aromatic rings. The van der Waals surface area contributed by atoms with E-state index in [0.29, 0.717) is 35.4 Å². The number of rotatable bonds is 4. The number of nitrogens with zero attached hydrogens (tertiary/aromatic N) is 1. The molecular weight excluding hydrogens is 394 g/mol. The summed E-state index contributed by atoms with van der Waals surface area (Å²) in [4.78, 5) is 16.0. The van der Waals surface area contributed by atoms with Gasteiger partial charge in [-0.1, -0.05) is 23.7 Å². The lowest BCUT2D eigenvalue weighted by Crippen LogP contribution is -2.34. The van der Waals surface area contributed by atoms with Crippen molar-refractivity contribution in [2.24, 2.45) is 5.92 Å². The van der Waals surface area contributed by atoms with Crippen LogP contribution in [0.25, 0.3) is 0 Å². The normalized spacial score (nSPS) is 31.8. The average Bonchev–Trinajstić information content (AvgIpc) is 3.33. The van der Waals surface area contributed by atoms with Gasteiger partial charge in [-0.2, -0.15) is 0 Å². The van der Waals surface area contributed by atoms with Crippen LogP contribution in [0.3, 0.4) is 0 Å². The van der Waals surface area contributed by atoms with Crippen LogP contribution in [0.2, 0.25) is 5.02 Å². The molecule has 1 aliphatic carbocycles. The molecular formula is C22H22ClNO5. The summed E-state index contributed by atoms with van der Waals surface area (Å²) in [5, 5.41) is 0.564. The maximum atomic E-state index is 11.6. The van der Waals surface area contributed by atoms with Crippen molar-refractivity contribution in [3.63, 3.8) is 0 Å². The van der Waals surface area contributed by atoms with E-state index in [1.807, 2.05) is 25.1 Å². The Hall–Kier alpha value is -2.31. The molecule has 0 spiro atoms. The van der Waals surface area contributed by atoms with Gasteiger partial charge in [0.25, 0.3) is 5.79 Å². The van der Waals surface area contributed by atoms with Crippen molar-refractivity contribution in [3.05, 3.63) is 52.8 Å². The number of pyridine rings is 1. The highest BCUT2D eigenvalue weighted by Crippen LogP contribution is 2.63. The van der Waals surface area contributed by atoms with E-state index in [-0.39, 0.29) is 17.5 Å². The molecule has 4 atom stereocenters. The highest BCUT2D eigenvalue weighted by molar-refractivity contribution is 6.30. The van der Waals surface area contributed by atoms with Crippen LogP contribution < -0.4 is 9.47 Å².